The van der Waals surface area contributed by atoms with E-state index in [9.17, 15) is 14.0 Å². The molecule has 1 unspecified atom stereocenters. The number of hydrogen-bond acceptors (Lipinski definition) is 4. The van der Waals surface area contributed by atoms with Crippen LogP contribution >= 0.6 is 15.9 Å². The van der Waals surface area contributed by atoms with Crippen LogP contribution in [-0.2, 0) is 20.7 Å². The third-order valence-corrected chi connectivity index (χ3v) is 6.92. The molecule has 0 N–H and O–H groups in total. The standard InChI is InChI=1S/C23H20BrFO4/c1-2-11-3-5-13(28-16-6-4-12(24)9-15(16)25)10-14(11)19-22(26)20-17-7-8-18(29-17)21(20)23(19)27/h3-6,9-10,17-21H,2,7-8H2,1H3/t17-,18+,19?,20-,21+. The van der Waals surface area contributed by atoms with Gasteiger partial charge < -0.3 is 9.47 Å². The molecule has 150 valence electrons. The summed E-state index contributed by atoms with van der Waals surface area (Å²) in [5.74, 6) is -1.45. The average molecular weight is 459 g/mol. The van der Waals surface area contributed by atoms with Crippen LogP contribution in [0, 0.1) is 17.7 Å². The van der Waals surface area contributed by atoms with E-state index in [0.29, 0.717) is 22.2 Å². The lowest BCUT2D eigenvalue weighted by molar-refractivity contribution is -0.127. The summed E-state index contributed by atoms with van der Waals surface area (Å²) in [6.07, 6.45) is 2.16. The Hall–Kier alpha value is -2.05. The molecule has 6 heteroatoms. The highest BCUT2D eigenvalue weighted by atomic mass is 79.9. The molecule has 5 atom stereocenters. The quantitative estimate of drug-likeness (QED) is 0.606. The van der Waals surface area contributed by atoms with E-state index in [4.69, 9.17) is 9.47 Å². The molecule has 0 radical (unpaired) electrons. The van der Waals surface area contributed by atoms with Gasteiger partial charge in [0.1, 0.15) is 11.7 Å². The van der Waals surface area contributed by atoms with E-state index in [-0.39, 0.29) is 41.4 Å². The minimum atomic E-state index is -0.773. The third kappa shape index (κ3) is 2.96. The first kappa shape index (κ1) is 18.9. The van der Waals surface area contributed by atoms with Crippen LogP contribution in [0.4, 0.5) is 4.39 Å². The van der Waals surface area contributed by atoms with Crippen molar-refractivity contribution in [2.45, 2.75) is 44.3 Å². The number of halogens is 2. The highest BCUT2D eigenvalue weighted by molar-refractivity contribution is 9.10. The Morgan fingerprint density at radius 3 is 2.38 bits per heavy atom. The second-order valence-electron chi connectivity index (χ2n) is 7.97. The van der Waals surface area contributed by atoms with Crippen molar-refractivity contribution in [2.24, 2.45) is 11.8 Å². The SMILES string of the molecule is CCc1ccc(Oc2ccc(Br)cc2F)cc1C1C(=O)[C@@H]2[C@H](C1=O)[C@H]1CC[C@@H]2O1. The number of benzene rings is 2. The van der Waals surface area contributed by atoms with Crippen molar-refractivity contribution in [1.82, 2.24) is 0 Å². The van der Waals surface area contributed by atoms with E-state index in [1.54, 1.807) is 18.2 Å². The second kappa shape index (κ2) is 7.03. The molecule has 1 aliphatic carbocycles. The van der Waals surface area contributed by atoms with Gasteiger partial charge in [-0.15, -0.1) is 0 Å². The minimum absolute atomic E-state index is 0.0335. The van der Waals surface area contributed by atoms with Gasteiger partial charge in [-0.3, -0.25) is 9.59 Å². The summed E-state index contributed by atoms with van der Waals surface area (Å²) in [6.45, 7) is 1.99. The molecule has 1 saturated carbocycles. The maximum Gasteiger partial charge on any atom is 0.166 e. The fraction of sp³-hybridized carbons (Fsp3) is 0.391. The Kier molecular flexibility index (Phi) is 4.59. The van der Waals surface area contributed by atoms with Crippen molar-refractivity contribution in [3.05, 3.63) is 57.8 Å². The number of ether oxygens (including phenoxy) is 2. The molecular weight excluding hydrogens is 439 g/mol. The maximum absolute atomic E-state index is 14.2. The fourth-order valence-electron chi connectivity index (χ4n) is 5.14. The van der Waals surface area contributed by atoms with Crippen LogP contribution in [0.1, 0.15) is 36.8 Å². The predicted molar refractivity (Wildman–Crippen MR) is 108 cm³/mol. The van der Waals surface area contributed by atoms with Gasteiger partial charge >= 0.3 is 0 Å². The summed E-state index contributed by atoms with van der Waals surface area (Å²) < 4.78 is 26.4. The van der Waals surface area contributed by atoms with Crippen LogP contribution in [0.3, 0.4) is 0 Å². The van der Waals surface area contributed by atoms with Crippen LogP contribution < -0.4 is 4.74 Å². The van der Waals surface area contributed by atoms with Crippen molar-refractivity contribution in [1.29, 1.82) is 0 Å². The van der Waals surface area contributed by atoms with E-state index in [1.165, 1.54) is 12.1 Å². The number of carbonyl (C=O) groups excluding carboxylic acids is 2. The van der Waals surface area contributed by atoms with Gasteiger partial charge in [-0.25, -0.2) is 4.39 Å². The van der Waals surface area contributed by atoms with Crippen LogP contribution in [0.15, 0.2) is 40.9 Å². The molecule has 0 aromatic heterocycles. The number of Topliss-reactive ketones (excluding diaryl/α,β-unsaturated/α-hetero) is 2. The summed E-state index contributed by atoms with van der Waals surface area (Å²) in [4.78, 5) is 26.4. The van der Waals surface area contributed by atoms with Crippen molar-refractivity contribution < 1.29 is 23.5 Å². The van der Waals surface area contributed by atoms with Crippen LogP contribution in [0.5, 0.6) is 11.5 Å². The van der Waals surface area contributed by atoms with E-state index >= 15 is 0 Å². The van der Waals surface area contributed by atoms with Gasteiger partial charge in [-0.1, -0.05) is 28.9 Å². The molecule has 3 fully saturated rings. The largest absolute Gasteiger partial charge is 0.454 e. The van der Waals surface area contributed by atoms with E-state index in [0.717, 1.165) is 18.4 Å². The van der Waals surface area contributed by atoms with Gasteiger partial charge in [-0.2, -0.15) is 0 Å². The predicted octanol–water partition coefficient (Wildman–Crippen LogP) is 4.97. The first-order valence-corrected chi connectivity index (χ1v) is 10.8. The molecule has 0 amide bonds. The Morgan fingerprint density at radius 1 is 1.07 bits per heavy atom. The Bertz CT molecular complexity index is 992. The number of aryl methyl sites for hydroxylation is 1. The van der Waals surface area contributed by atoms with Gasteiger partial charge in [0.15, 0.2) is 23.1 Å². The monoisotopic (exact) mass is 458 g/mol. The molecule has 4 nitrogen and oxygen atoms in total. The zero-order valence-electron chi connectivity index (χ0n) is 15.9. The molecule has 29 heavy (non-hydrogen) atoms. The smallest absolute Gasteiger partial charge is 0.166 e. The zero-order valence-corrected chi connectivity index (χ0v) is 17.4. The summed E-state index contributed by atoms with van der Waals surface area (Å²) in [7, 11) is 0. The van der Waals surface area contributed by atoms with Gasteiger partial charge in [0.2, 0.25) is 0 Å². The molecular formula is C23H20BrFO4. The molecule has 2 aliphatic heterocycles. The van der Waals surface area contributed by atoms with E-state index in [2.05, 4.69) is 15.9 Å². The van der Waals surface area contributed by atoms with Gasteiger partial charge in [0.25, 0.3) is 0 Å². The van der Waals surface area contributed by atoms with E-state index < -0.39 is 11.7 Å². The Morgan fingerprint density at radius 2 is 1.76 bits per heavy atom. The van der Waals surface area contributed by atoms with Crippen molar-refractivity contribution in [2.75, 3.05) is 0 Å². The Balaban J connectivity index is 1.50. The zero-order chi connectivity index (χ0) is 20.3. The van der Waals surface area contributed by atoms with Gasteiger partial charge in [-0.05, 0) is 60.7 Å². The first-order chi connectivity index (χ1) is 14.0. The molecule has 3 aliphatic rings. The first-order valence-electron chi connectivity index (χ1n) is 9.96. The molecule has 2 saturated heterocycles. The molecule has 2 heterocycles. The minimum Gasteiger partial charge on any atom is -0.454 e. The number of rotatable bonds is 4. The lowest BCUT2D eigenvalue weighted by atomic mass is 9.81. The molecule has 2 aromatic carbocycles. The molecule has 5 rings (SSSR count). The molecule has 0 spiro atoms. The topological polar surface area (TPSA) is 52.6 Å². The Labute approximate surface area is 176 Å². The summed E-state index contributed by atoms with van der Waals surface area (Å²) in [5, 5.41) is 0. The van der Waals surface area contributed by atoms with Gasteiger partial charge in [0, 0.05) is 4.47 Å². The van der Waals surface area contributed by atoms with Crippen molar-refractivity contribution in [3.8, 4) is 11.5 Å². The highest BCUT2D eigenvalue weighted by Crippen LogP contribution is 2.52. The summed E-state index contributed by atoms with van der Waals surface area (Å²) in [6, 6.07) is 9.91. The number of carbonyl (C=O) groups is 2. The highest BCUT2D eigenvalue weighted by Gasteiger charge is 2.63. The number of hydrogen-bond donors (Lipinski definition) is 0. The van der Waals surface area contributed by atoms with E-state index in [1.807, 2.05) is 13.0 Å². The summed E-state index contributed by atoms with van der Waals surface area (Å²) in [5.41, 5.74) is 1.62. The normalized spacial score (nSPS) is 30.1. The number of ketones is 2. The van der Waals surface area contributed by atoms with Gasteiger partial charge in [0.05, 0.1) is 24.0 Å². The fourth-order valence-corrected chi connectivity index (χ4v) is 5.48. The van der Waals surface area contributed by atoms with Crippen LogP contribution in [-0.4, -0.2) is 23.8 Å². The van der Waals surface area contributed by atoms with Crippen molar-refractivity contribution >= 4 is 27.5 Å². The van der Waals surface area contributed by atoms with Crippen LogP contribution in [0.25, 0.3) is 0 Å². The molecule has 2 aromatic rings. The lowest BCUT2D eigenvalue weighted by Gasteiger charge is -2.17. The average Bonchev–Trinajstić information content (AvgIpc) is 3.38. The number of fused-ring (bicyclic) bond motifs is 5. The third-order valence-electron chi connectivity index (χ3n) is 6.43. The lowest BCUT2D eigenvalue weighted by Crippen LogP contribution is -2.29. The van der Waals surface area contributed by atoms with Crippen molar-refractivity contribution in [3.63, 3.8) is 0 Å². The maximum atomic E-state index is 14.2. The molecule has 2 bridgehead atoms. The second-order valence-corrected chi connectivity index (χ2v) is 8.89. The van der Waals surface area contributed by atoms with Crippen LogP contribution in [0.2, 0.25) is 0 Å². The summed E-state index contributed by atoms with van der Waals surface area (Å²) >= 11 is 3.23.